The molecule has 0 fully saturated rings. The van der Waals surface area contributed by atoms with Crippen molar-refractivity contribution in [2.24, 2.45) is 5.92 Å². The van der Waals surface area contributed by atoms with Crippen molar-refractivity contribution >= 4 is 0 Å². The summed E-state index contributed by atoms with van der Waals surface area (Å²) >= 11 is 0. The van der Waals surface area contributed by atoms with Crippen LogP contribution in [0, 0.1) is 5.92 Å². The highest BCUT2D eigenvalue weighted by molar-refractivity contribution is 5.05. The first-order valence-corrected chi connectivity index (χ1v) is 5.04. The van der Waals surface area contributed by atoms with Crippen molar-refractivity contribution in [1.82, 2.24) is 5.32 Å². The average molecular weight is 181 g/mol. The van der Waals surface area contributed by atoms with E-state index in [1.807, 2.05) is 19.2 Å². The van der Waals surface area contributed by atoms with Crippen LogP contribution in [0.25, 0.3) is 0 Å². The molecule has 0 aliphatic carbocycles. The van der Waals surface area contributed by atoms with Crippen LogP contribution in [-0.4, -0.2) is 7.05 Å². The first-order chi connectivity index (χ1) is 6.33. The van der Waals surface area contributed by atoms with Gasteiger partial charge in [-0.3, -0.25) is 0 Å². The van der Waals surface area contributed by atoms with Gasteiger partial charge in [0.2, 0.25) is 0 Å². The maximum Gasteiger partial charge on any atom is 0.120 e. The molecule has 0 radical (unpaired) electrons. The van der Waals surface area contributed by atoms with E-state index in [0.717, 1.165) is 5.76 Å². The first kappa shape index (κ1) is 10.3. The van der Waals surface area contributed by atoms with Crippen molar-refractivity contribution in [3.8, 4) is 0 Å². The van der Waals surface area contributed by atoms with Crippen LogP contribution in [-0.2, 0) is 0 Å². The molecule has 0 aliphatic heterocycles. The highest BCUT2D eigenvalue weighted by atomic mass is 16.3. The molecule has 2 nitrogen and oxygen atoms in total. The van der Waals surface area contributed by atoms with E-state index >= 15 is 0 Å². The molecular formula is C11H19NO. The molecule has 0 spiro atoms. The second-order valence-electron chi connectivity index (χ2n) is 3.36. The molecule has 0 aromatic carbocycles. The van der Waals surface area contributed by atoms with Gasteiger partial charge in [0.15, 0.2) is 0 Å². The molecule has 1 atom stereocenters. The number of rotatable bonds is 5. The fourth-order valence-corrected chi connectivity index (χ4v) is 1.84. The van der Waals surface area contributed by atoms with Gasteiger partial charge < -0.3 is 9.73 Å². The number of furan rings is 1. The molecule has 1 aromatic heterocycles. The SMILES string of the molecule is CCC(CC)C(NC)c1ccco1. The Balaban J connectivity index is 2.72. The predicted octanol–water partition coefficient (Wildman–Crippen LogP) is 2.98. The van der Waals surface area contributed by atoms with Crippen LogP contribution in [0.5, 0.6) is 0 Å². The Labute approximate surface area is 80.3 Å². The molecule has 1 unspecified atom stereocenters. The van der Waals surface area contributed by atoms with E-state index in [4.69, 9.17) is 4.42 Å². The molecule has 0 bridgehead atoms. The lowest BCUT2D eigenvalue weighted by molar-refractivity contribution is 0.309. The molecular weight excluding hydrogens is 162 g/mol. The van der Waals surface area contributed by atoms with Crippen LogP contribution >= 0.6 is 0 Å². The monoisotopic (exact) mass is 181 g/mol. The smallest absolute Gasteiger partial charge is 0.120 e. The molecule has 0 amide bonds. The molecule has 1 rings (SSSR count). The van der Waals surface area contributed by atoms with Crippen molar-refractivity contribution in [2.45, 2.75) is 32.7 Å². The Morgan fingerprint density at radius 2 is 2.08 bits per heavy atom. The highest BCUT2D eigenvalue weighted by Crippen LogP contribution is 2.26. The number of nitrogens with one attached hydrogen (secondary N) is 1. The Bertz CT molecular complexity index is 214. The van der Waals surface area contributed by atoms with Crippen molar-refractivity contribution < 1.29 is 4.42 Å². The zero-order valence-electron chi connectivity index (χ0n) is 8.71. The van der Waals surface area contributed by atoms with Gasteiger partial charge in [-0.1, -0.05) is 26.7 Å². The minimum Gasteiger partial charge on any atom is -0.468 e. The number of hydrogen-bond donors (Lipinski definition) is 1. The Kier molecular flexibility index (Phi) is 4.03. The highest BCUT2D eigenvalue weighted by Gasteiger charge is 2.20. The summed E-state index contributed by atoms with van der Waals surface area (Å²) in [4.78, 5) is 0. The maximum absolute atomic E-state index is 5.41. The molecule has 0 aliphatic rings. The lowest BCUT2D eigenvalue weighted by Gasteiger charge is -2.22. The summed E-state index contributed by atoms with van der Waals surface area (Å²) < 4.78 is 5.41. The molecule has 0 saturated heterocycles. The lowest BCUT2D eigenvalue weighted by Crippen LogP contribution is -2.24. The van der Waals surface area contributed by atoms with Crippen LogP contribution in [0.15, 0.2) is 22.8 Å². The molecule has 0 saturated carbocycles. The van der Waals surface area contributed by atoms with Gasteiger partial charge in [0, 0.05) is 0 Å². The third kappa shape index (κ3) is 2.34. The standard InChI is InChI=1S/C11H19NO/c1-4-9(5-2)11(12-3)10-7-6-8-13-10/h6-9,11-12H,4-5H2,1-3H3. The molecule has 13 heavy (non-hydrogen) atoms. The molecule has 1 N–H and O–H groups in total. The summed E-state index contributed by atoms with van der Waals surface area (Å²) in [6.07, 6.45) is 4.10. The van der Waals surface area contributed by atoms with Gasteiger partial charge in [-0.2, -0.15) is 0 Å². The summed E-state index contributed by atoms with van der Waals surface area (Å²) in [6, 6.07) is 4.35. The van der Waals surface area contributed by atoms with Gasteiger partial charge in [0.25, 0.3) is 0 Å². The summed E-state index contributed by atoms with van der Waals surface area (Å²) in [6.45, 7) is 4.45. The Morgan fingerprint density at radius 3 is 2.46 bits per heavy atom. The van der Waals surface area contributed by atoms with Crippen LogP contribution < -0.4 is 5.32 Å². The summed E-state index contributed by atoms with van der Waals surface area (Å²) in [5, 5.41) is 3.31. The van der Waals surface area contributed by atoms with E-state index in [1.54, 1.807) is 6.26 Å². The van der Waals surface area contributed by atoms with E-state index < -0.39 is 0 Å². The maximum atomic E-state index is 5.41. The normalized spacial score (nSPS) is 13.5. The summed E-state index contributed by atoms with van der Waals surface area (Å²) in [5.41, 5.74) is 0. The van der Waals surface area contributed by atoms with Gasteiger partial charge in [-0.05, 0) is 25.1 Å². The first-order valence-electron chi connectivity index (χ1n) is 5.04. The van der Waals surface area contributed by atoms with Crippen molar-refractivity contribution in [3.63, 3.8) is 0 Å². The van der Waals surface area contributed by atoms with E-state index in [9.17, 15) is 0 Å². The molecule has 1 heterocycles. The van der Waals surface area contributed by atoms with Crippen LogP contribution in [0.3, 0.4) is 0 Å². The second-order valence-corrected chi connectivity index (χ2v) is 3.36. The Morgan fingerprint density at radius 1 is 1.38 bits per heavy atom. The van der Waals surface area contributed by atoms with Gasteiger partial charge in [-0.15, -0.1) is 0 Å². The lowest BCUT2D eigenvalue weighted by atomic mass is 9.92. The zero-order valence-corrected chi connectivity index (χ0v) is 8.71. The fraction of sp³-hybridized carbons (Fsp3) is 0.636. The third-order valence-corrected chi connectivity index (χ3v) is 2.68. The molecule has 74 valence electrons. The van der Waals surface area contributed by atoms with Gasteiger partial charge in [-0.25, -0.2) is 0 Å². The Hall–Kier alpha value is -0.760. The van der Waals surface area contributed by atoms with Gasteiger partial charge in [0.1, 0.15) is 5.76 Å². The minimum atomic E-state index is 0.366. The van der Waals surface area contributed by atoms with Gasteiger partial charge >= 0.3 is 0 Å². The zero-order chi connectivity index (χ0) is 9.68. The van der Waals surface area contributed by atoms with Crippen molar-refractivity contribution in [2.75, 3.05) is 7.05 Å². The average Bonchev–Trinajstić information content (AvgIpc) is 2.66. The van der Waals surface area contributed by atoms with Crippen LogP contribution in [0.2, 0.25) is 0 Å². The van der Waals surface area contributed by atoms with E-state index in [2.05, 4.69) is 19.2 Å². The topological polar surface area (TPSA) is 25.2 Å². The fourth-order valence-electron chi connectivity index (χ4n) is 1.84. The second kappa shape index (κ2) is 5.07. The van der Waals surface area contributed by atoms with Gasteiger partial charge in [0.05, 0.1) is 12.3 Å². The third-order valence-electron chi connectivity index (χ3n) is 2.68. The largest absolute Gasteiger partial charge is 0.468 e. The quantitative estimate of drug-likeness (QED) is 0.755. The summed E-state index contributed by atoms with van der Waals surface area (Å²) in [7, 11) is 1.99. The van der Waals surface area contributed by atoms with Crippen LogP contribution in [0.4, 0.5) is 0 Å². The van der Waals surface area contributed by atoms with Crippen LogP contribution in [0.1, 0.15) is 38.5 Å². The van der Waals surface area contributed by atoms with E-state index in [-0.39, 0.29) is 0 Å². The molecule has 1 aromatic rings. The predicted molar refractivity (Wildman–Crippen MR) is 54.6 cm³/mol. The molecule has 2 heteroatoms. The van der Waals surface area contributed by atoms with Crippen molar-refractivity contribution in [3.05, 3.63) is 24.2 Å². The van der Waals surface area contributed by atoms with E-state index in [0.29, 0.717) is 12.0 Å². The van der Waals surface area contributed by atoms with E-state index in [1.165, 1.54) is 12.8 Å². The van der Waals surface area contributed by atoms with Crippen molar-refractivity contribution in [1.29, 1.82) is 0 Å². The minimum absolute atomic E-state index is 0.366. The summed E-state index contributed by atoms with van der Waals surface area (Å²) in [5.74, 6) is 1.72. The number of hydrogen-bond acceptors (Lipinski definition) is 2.